The molecule has 0 aliphatic carbocycles. The highest BCUT2D eigenvalue weighted by Crippen LogP contribution is 2.27. The van der Waals surface area contributed by atoms with Crippen LogP contribution >= 0.6 is 11.6 Å². The largest absolute Gasteiger partial charge is 0.353 e. The van der Waals surface area contributed by atoms with Gasteiger partial charge in [0.1, 0.15) is 10.0 Å². The van der Waals surface area contributed by atoms with Crippen LogP contribution < -0.4 is 5.32 Å². The summed E-state index contributed by atoms with van der Waals surface area (Å²) in [7, 11) is -3.70. The number of amides is 1. The van der Waals surface area contributed by atoms with Gasteiger partial charge in [-0.25, -0.2) is 13.4 Å². The lowest BCUT2D eigenvalue weighted by Gasteiger charge is -2.34. The zero-order valence-electron chi connectivity index (χ0n) is 17.9. The summed E-state index contributed by atoms with van der Waals surface area (Å²) in [5, 5.41) is 3.16. The van der Waals surface area contributed by atoms with Crippen LogP contribution in [0.5, 0.6) is 0 Å². The van der Waals surface area contributed by atoms with Crippen molar-refractivity contribution in [3.63, 3.8) is 0 Å². The van der Waals surface area contributed by atoms with Crippen LogP contribution in [0.25, 0.3) is 0 Å². The molecule has 1 amide bonds. The molecule has 2 aliphatic rings. The summed E-state index contributed by atoms with van der Waals surface area (Å²) in [5.41, 5.74) is 1.06. The van der Waals surface area contributed by atoms with Gasteiger partial charge in [0.15, 0.2) is 0 Å². The summed E-state index contributed by atoms with van der Waals surface area (Å²) in [4.78, 5) is 23.4. The van der Waals surface area contributed by atoms with Crippen LogP contribution in [-0.2, 0) is 21.4 Å². The molecule has 0 bridgehead atoms. The highest BCUT2D eigenvalue weighted by molar-refractivity contribution is 7.89. The van der Waals surface area contributed by atoms with Crippen LogP contribution in [0.4, 0.5) is 0 Å². The van der Waals surface area contributed by atoms with Gasteiger partial charge in [-0.05, 0) is 49.9 Å². The smallest absolute Gasteiger partial charge is 0.246 e. The number of hydrogen-bond acceptors (Lipinski definition) is 6. The van der Waals surface area contributed by atoms with E-state index in [2.05, 4.69) is 20.2 Å². The van der Waals surface area contributed by atoms with Crippen molar-refractivity contribution in [1.82, 2.24) is 24.5 Å². The Hall–Kier alpha value is -2.07. The van der Waals surface area contributed by atoms with E-state index in [1.54, 1.807) is 6.07 Å². The molecule has 4 heterocycles. The Morgan fingerprint density at radius 3 is 2.38 bits per heavy atom. The third-order valence-corrected chi connectivity index (χ3v) is 8.56. The Morgan fingerprint density at radius 1 is 1.00 bits per heavy atom. The van der Waals surface area contributed by atoms with Gasteiger partial charge in [0.25, 0.3) is 0 Å². The number of carbonyl (C=O) groups excluding carboxylic acids is 1. The monoisotopic (exact) mass is 477 g/mol. The van der Waals surface area contributed by atoms with Gasteiger partial charge in [-0.2, -0.15) is 4.31 Å². The summed E-state index contributed by atoms with van der Waals surface area (Å²) < 4.78 is 27.1. The summed E-state index contributed by atoms with van der Waals surface area (Å²) in [5.74, 6) is -0.137. The van der Waals surface area contributed by atoms with Crippen LogP contribution in [0.2, 0.25) is 5.15 Å². The fourth-order valence-corrected chi connectivity index (χ4v) is 6.23. The number of likely N-dealkylation sites (tertiary alicyclic amines) is 1. The Balaban J connectivity index is 1.23. The number of rotatable bonds is 6. The maximum absolute atomic E-state index is 12.9. The van der Waals surface area contributed by atoms with Gasteiger partial charge < -0.3 is 5.32 Å². The molecule has 2 aliphatic heterocycles. The predicted molar refractivity (Wildman–Crippen MR) is 121 cm³/mol. The van der Waals surface area contributed by atoms with E-state index in [9.17, 15) is 13.2 Å². The third kappa shape index (κ3) is 5.46. The van der Waals surface area contributed by atoms with E-state index >= 15 is 0 Å². The number of nitrogens with one attached hydrogen (secondary N) is 1. The zero-order chi connectivity index (χ0) is 22.6. The van der Waals surface area contributed by atoms with Crippen molar-refractivity contribution in [3.05, 3.63) is 53.6 Å². The van der Waals surface area contributed by atoms with Crippen LogP contribution in [0.15, 0.2) is 47.6 Å². The maximum atomic E-state index is 12.9. The first-order chi connectivity index (χ1) is 15.4. The molecule has 32 heavy (non-hydrogen) atoms. The second-order valence-electron chi connectivity index (χ2n) is 8.35. The first-order valence-electron chi connectivity index (χ1n) is 11.0. The zero-order valence-corrected chi connectivity index (χ0v) is 19.4. The molecule has 0 radical (unpaired) electrons. The Bertz CT molecular complexity index is 1020. The van der Waals surface area contributed by atoms with Gasteiger partial charge in [0.05, 0.1) is 5.69 Å². The summed E-state index contributed by atoms with van der Waals surface area (Å²) in [6.45, 7) is 3.27. The van der Waals surface area contributed by atoms with Crippen LogP contribution in [-0.4, -0.2) is 65.7 Å². The van der Waals surface area contributed by atoms with Gasteiger partial charge >= 0.3 is 0 Å². The minimum Gasteiger partial charge on any atom is -0.353 e. The van der Waals surface area contributed by atoms with Crippen molar-refractivity contribution in [2.24, 2.45) is 5.92 Å². The number of nitrogens with zero attached hydrogens (tertiary/aromatic N) is 4. The molecular formula is C22H28ClN5O3S. The SMILES string of the molecule is O=C(NC1CCN(Cc2ccccn2)CC1)C1CCN(S(=O)(=O)c2cccnc2Cl)CC1. The third-order valence-electron chi connectivity index (χ3n) is 6.21. The lowest BCUT2D eigenvalue weighted by Crippen LogP contribution is -2.48. The Labute approximate surface area is 194 Å². The molecule has 0 spiro atoms. The van der Waals surface area contributed by atoms with Gasteiger partial charge in [-0.3, -0.25) is 14.7 Å². The van der Waals surface area contributed by atoms with Gasteiger partial charge in [-0.15, -0.1) is 0 Å². The maximum Gasteiger partial charge on any atom is 0.246 e. The summed E-state index contributed by atoms with van der Waals surface area (Å²) in [6.07, 6.45) is 6.09. The van der Waals surface area contributed by atoms with E-state index in [0.29, 0.717) is 25.9 Å². The van der Waals surface area contributed by atoms with E-state index in [1.165, 1.54) is 16.6 Å². The van der Waals surface area contributed by atoms with Crippen molar-refractivity contribution >= 4 is 27.5 Å². The Morgan fingerprint density at radius 2 is 1.72 bits per heavy atom. The van der Waals surface area contributed by atoms with Crippen molar-refractivity contribution in [2.75, 3.05) is 26.2 Å². The average Bonchev–Trinajstić information content (AvgIpc) is 2.81. The molecule has 4 rings (SSSR count). The number of hydrogen-bond donors (Lipinski definition) is 1. The normalized spacial score (nSPS) is 19.7. The molecule has 2 saturated heterocycles. The lowest BCUT2D eigenvalue weighted by atomic mass is 9.96. The number of pyridine rings is 2. The van der Waals surface area contributed by atoms with Crippen molar-refractivity contribution in [1.29, 1.82) is 0 Å². The average molecular weight is 478 g/mol. The number of aromatic nitrogens is 2. The lowest BCUT2D eigenvalue weighted by molar-refractivity contribution is -0.127. The molecule has 2 aromatic rings. The van der Waals surface area contributed by atoms with E-state index in [4.69, 9.17) is 11.6 Å². The number of carbonyl (C=O) groups is 1. The summed E-state index contributed by atoms with van der Waals surface area (Å²) in [6, 6.07) is 9.13. The molecule has 8 nitrogen and oxygen atoms in total. The fourth-order valence-electron chi connectivity index (χ4n) is 4.34. The molecule has 1 N–H and O–H groups in total. The minimum absolute atomic E-state index is 0.0158. The quantitative estimate of drug-likeness (QED) is 0.641. The van der Waals surface area contributed by atoms with E-state index < -0.39 is 10.0 Å². The van der Waals surface area contributed by atoms with Gasteiger partial charge in [-0.1, -0.05) is 17.7 Å². The van der Waals surface area contributed by atoms with E-state index in [-0.39, 0.29) is 27.9 Å². The molecule has 172 valence electrons. The second-order valence-corrected chi connectivity index (χ2v) is 10.6. The van der Waals surface area contributed by atoms with Crippen molar-refractivity contribution < 1.29 is 13.2 Å². The fraction of sp³-hybridized carbons (Fsp3) is 0.500. The highest BCUT2D eigenvalue weighted by atomic mass is 35.5. The standard InChI is InChI=1S/C22H28ClN5O3S/c23-21-20(5-3-11-25-21)32(30,31)28-14-6-17(7-15-28)22(29)26-18-8-12-27(13-9-18)16-19-4-1-2-10-24-19/h1-5,10-11,17-18H,6-9,12-16H2,(H,26,29). The number of halogens is 1. The van der Waals surface area contributed by atoms with Crippen molar-refractivity contribution in [2.45, 2.75) is 43.2 Å². The van der Waals surface area contributed by atoms with Gasteiger partial charge in [0.2, 0.25) is 15.9 Å². The number of sulfonamides is 1. The molecule has 0 saturated carbocycles. The molecule has 0 atom stereocenters. The molecule has 0 unspecified atom stereocenters. The molecule has 0 aromatic carbocycles. The first kappa shape index (κ1) is 23.1. The first-order valence-corrected chi connectivity index (χ1v) is 12.8. The van der Waals surface area contributed by atoms with Crippen LogP contribution in [0.1, 0.15) is 31.4 Å². The highest BCUT2D eigenvalue weighted by Gasteiger charge is 2.34. The van der Waals surface area contributed by atoms with E-state index in [1.807, 2.05) is 24.4 Å². The van der Waals surface area contributed by atoms with Crippen LogP contribution in [0, 0.1) is 5.92 Å². The molecular weight excluding hydrogens is 450 g/mol. The van der Waals surface area contributed by atoms with E-state index in [0.717, 1.165) is 38.2 Å². The second kappa shape index (κ2) is 10.2. The topological polar surface area (TPSA) is 95.5 Å². The molecule has 2 fully saturated rings. The summed E-state index contributed by atoms with van der Waals surface area (Å²) >= 11 is 5.98. The Kier molecular flexibility index (Phi) is 7.40. The predicted octanol–water partition coefficient (Wildman–Crippen LogP) is 2.31. The number of piperidine rings is 2. The minimum atomic E-state index is -3.70. The molecule has 2 aromatic heterocycles. The van der Waals surface area contributed by atoms with Crippen LogP contribution in [0.3, 0.4) is 0 Å². The van der Waals surface area contributed by atoms with Crippen molar-refractivity contribution in [3.8, 4) is 0 Å². The molecule has 10 heteroatoms. The van der Waals surface area contributed by atoms with Gasteiger partial charge in [0, 0.05) is 57.1 Å².